The van der Waals surface area contributed by atoms with Crippen molar-refractivity contribution >= 4 is 17.3 Å². The number of allylic oxidation sites excluding steroid dienone is 1. The smallest absolute Gasteiger partial charge is 0.123 e. The molecular weight excluding hydrogens is 435 g/mol. The Labute approximate surface area is 210 Å². The first-order valence-electron chi connectivity index (χ1n) is 13.5. The molecule has 0 radical (unpaired) electrons. The molecule has 2 saturated heterocycles. The van der Waals surface area contributed by atoms with Crippen LogP contribution >= 0.6 is 0 Å². The molecule has 2 aromatic carbocycles. The van der Waals surface area contributed by atoms with Crippen LogP contribution in [0.5, 0.6) is 0 Å². The van der Waals surface area contributed by atoms with E-state index in [1.54, 1.807) is 12.1 Å². The van der Waals surface area contributed by atoms with Gasteiger partial charge in [0.05, 0.1) is 0 Å². The summed E-state index contributed by atoms with van der Waals surface area (Å²) >= 11 is 0. The van der Waals surface area contributed by atoms with Crippen LogP contribution in [-0.2, 0) is 6.42 Å². The molecule has 0 spiro atoms. The first kappa shape index (κ1) is 24.5. The maximum atomic E-state index is 13.7. The van der Waals surface area contributed by atoms with Crippen molar-refractivity contribution in [2.45, 2.75) is 52.1 Å². The Morgan fingerprint density at radius 3 is 2.49 bits per heavy atom. The van der Waals surface area contributed by atoms with Crippen molar-refractivity contribution in [3.63, 3.8) is 0 Å². The zero-order valence-corrected chi connectivity index (χ0v) is 21.7. The summed E-state index contributed by atoms with van der Waals surface area (Å²) in [5, 5.41) is 3.83. The molecule has 1 N–H and O–H groups in total. The summed E-state index contributed by atoms with van der Waals surface area (Å²) in [7, 11) is 0. The number of anilines is 1. The van der Waals surface area contributed by atoms with Crippen molar-refractivity contribution in [1.82, 2.24) is 15.1 Å². The van der Waals surface area contributed by atoms with Crippen LogP contribution in [-0.4, -0.2) is 74.2 Å². The molecular formula is C30H41FN4. The molecule has 3 aliphatic rings. The maximum absolute atomic E-state index is 13.7. The second-order valence-corrected chi connectivity index (χ2v) is 10.9. The highest BCUT2D eigenvalue weighted by Gasteiger charge is 2.22. The van der Waals surface area contributed by atoms with Gasteiger partial charge in [-0.25, -0.2) is 4.39 Å². The lowest BCUT2D eigenvalue weighted by atomic mass is 9.97. The summed E-state index contributed by atoms with van der Waals surface area (Å²) in [6.07, 6.45) is 5.44. The van der Waals surface area contributed by atoms with E-state index in [1.165, 1.54) is 67.0 Å². The summed E-state index contributed by atoms with van der Waals surface area (Å²) in [5.74, 6) is -0.156. The van der Waals surface area contributed by atoms with E-state index >= 15 is 0 Å². The Balaban J connectivity index is 1.11. The third-order valence-electron chi connectivity index (χ3n) is 8.24. The van der Waals surface area contributed by atoms with Crippen molar-refractivity contribution in [3.8, 4) is 0 Å². The van der Waals surface area contributed by atoms with Gasteiger partial charge in [0.25, 0.3) is 0 Å². The highest BCUT2D eigenvalue weighted by Crippen LogP contribution is 2.35. The Hall–Kier alpha value is -2.21. The molecule has 4 nitrogen and oxygen atoms in total. The normalized spacial score (nSPS) is 19.9. The fourth-order valence-electron chi connectivity index (χ4n) is 5.90. The van der Waals surface area contributed by atoms with Gasteiger partial charge in [-0.15, -0.1) is 0 Å². The number of hydrogen-bond acceptors (Lipinski definition) is 4. The van der Waals surface area contributed by atoms with Crippen LogP contribution in [0.25, 0.3) is 11.6 Å². The van der Waals surface area contributed by atoms with Crippen molar-refractivity contribution in [1.29, 1.82) is 0 Å². The molecule has 0 atom stereocenters. The molecule has 0 saturated carbocycles. The molecule has 1 aliphatic carbocycles. The number of hydrogen-bond donors (Lipinski definition) is 1. The molecule has 2 heterocycles. The molecule has 0 unspecified atom stereocenters. The van der Waals surface area contributed by atoms with Crippen LogP contribution in [0.2, 0.25) is 0 Å². The molecule has 0 bridgehead atoms. The summed E-state index contributed by atoms with van der Waals surface area (Å²) in [6.45, 7) is 16.0. The first-order chi connectivity index (χ1) is 17.0. The Bertz CT molecular complexity index is 1050. The van der Waals surface area contributed by atoms with Gasteiger partial charge in [0.15, 0.2) is 0 Å². The van der Waals surface area contributed by atoms with Crippen LogP contribution < -0.4 is 10.2 Å². The maximum Gasteiger partial charge on any atom is 0.123 e. The number of halogens is 1. The van der Waals surface area contributed by atoms with Gasteiger partial charge in [0, 0.05) is 70.1 Å². The van der Waals surface area contributed by atoms with Gasteiger partial charge in [-0.1, -0.05) is 18.2 Å². The predicted octanol–water partition coefficient (Wildman–Crippen LogP) is 4.82. The van der Waals surface area contributed by atoms with Gasteiger partial charge < -0.3 is 10.2 Å². The monoisotopic (exact) mass is 476 g/mol. The Morgan fingerprint density at radius 2 is 1.74 bits per heavy atom. The van der Waals surface area contributed by atoms with Crippen molar-refractivity contribution < 1.29 is 4.39 Å². The van der Waals surface area contributed by atoms with Crippen LogP contribution in [0.15, 0.2) is 36.4 Å². The minimum absolute atomic E-state index is 0.156. The summed E-state index contributed by atoms with van der Waals surface area (Å²) in [4.78, 5) is 7.73. The number of rotatable bonds is 7. The quantitative estimate of drug-likeness (QED) is 0.619. The number of nitrogens with one attached hydrogen (secondary N) is 1. The highest BCUT2D eigenvalue weighted by molar-refractivity contribution is 5.90. The van der Waals surface area contributed by atoms with Crippen LogP contribution in [0, 0.1) is 12.7 Å². The minimum atomic E-state index is -0.156. The molecule has 5 rings (SSSR count). The van der Waals surface area contributed by atoms with E-state index < -0.39 is 0 Å². The van der Waals surface area contributed by atoms with Gasteiger partial charge in [-0.2, -0.15) is 0 Å². The van der Waals surface area contributed by atoms with E-state index in [4.69, 9.17) is 0 Å². The van der Waals surface area contributed by atoms with Crippen molar-refractivity contribution in [3.05, 3.63) is 64.5 Å². The predicted molar refractivity (Wildman–Crippen MR) is 146 cm³/mol. The van der Waals surface area contributed by atoms with Crippen LogP contribution in [0.3, 0.4) is 0 Å². The number of fused-ring (bicyclic) bond motifs is 1. The average molecular weight is 477 g/mol. The molecule has 35 heavy (non-hydrogen) atoms. The molecule has 2 aliphatic heterocycles. The van der Waals surface area contributed by atoms with E-state index in [9.17, 15) is 4.39 Å². The summed E-state index contributed by atoms with van der Waals surface area (Å²) in [5.41, 5.74) is 7.46. The van der Waals surface area contributed by atoms with Crippen molar-refractivity contribution in [2.24, 2.45) is 0 Å². The zero-order chi connectivity index (χ0) is 24.4. The van der Waals surface area contributed by atoms with Gasteiger partial charge in [-0.05, 0) is 92.1 Å². The number of piperidine rings is 1. The lowest BCUT2D eigenvalue weighted by molar-refractivity contribution is 0.108. The van der Waals surface area contributed by atoms with Gasteiger partial charge >= 0.3 is 0 Å². The largest absolute Gasteiger partial charge is 0.371 e. The molecule has 5 heteroatoms. The number of aryl methyl sites for hydroxylation is 1. The summed E-state index contributed by atoms with van der Waals surface area (Å²) < 4.78 is 13.7. The SMILES string of the molecule is Cc1ccc(N2CCC(NCCN3CCN(C(C)C)CC3)CC2)cc1C1=Cc2cc(F)ccc2C1. The molecule has 0 aromatic heterocycles. The second-order valence-electron chi connectivity index (χ2n) is 10.9. The fraction of sp³-hybridized carbons (Fsp3) is 0.533. The Morgan fingerprint density at radius 1 is 0.971 bits per heavy atom. The third-order valence-corrected chi connectivity index (χ3v) is 8.24. The van der Waals surface area contributed by atoms with E-state index in [0.717, 1.165) is 38.2 Å². The van der Waals surface area contributed by atoms with Crippen molar-refractivity contribution in [2.75, 3.05) is 57.3 Å². The zero-order valence-electron chi connectivity index (χ0n) is 21.7. The van der Waals surface area contributed by atoms with Crippen LogP contribution in [0.1, 0.15) is 48.9 Å². The second kappa shape index (κ2) is 10.8. The lowest BCUT2D eigenvalue weighted by Gasteiger charge is -2.38. The molecule has 2 fully saturated rings. The summed E-state index contributed by atoms with van der Waals surface area (Å²) in [6, 6.07) is 13.3. The van der Waals surface area contributed by atoms with E-state index in [1.807, 2.05) is 6.07 Å². The number of nitrogens with zero attached hydrogens (tertiary/aromatic N) is 3. The van der Waals surface area contributed by atoms with E-state index in [0.29, 0.717) is 12.1 Å². The standard InChI is InChI=1S/C30H41FN4/c1-22(2)34-16-14-33(15-17-34)13-10-32-28-8-11-35(12-9-28)29-7-4-23(3)30(21-29)26-18-24-5-6-27(31)20-25(24)19-26/h4-7,19-22,28,32H,8-18H2,1-3H3. The molecule has 188 valence electrons. The topological polar surface area (TPSA) is 21.8 Å². The number of piperazine rings is 1. The van der Waals surface area contributed by atoms with E-state index in [2.05, 4.69) is 65.1 Å². The fourth-order valence-corrected chi connectivity index (χ4v) is 5.90. The average Bonchev–Trinajstić information content (AvgIpc) is 3.28. The molecule has 2 aromatic rings. The van der Waals surface area contributed by atoms with Crippen LogP contribution in [0.4, 0.5) is 10.1 Å². The van der Waals surface area contributed by atoms with Gasteiger partial charge in [-0.3, -0.25) is 9.80 Å². The van der Waals surface area contributed by atoms with E-state index in [-0.39, 0.29) is 5.82 Å². The van der Waals surface area contributed by atoms with Gasteiger partial charge in [0.1, 0.15) is 5.82 Å². The first-order valence-corrected chi connectivity index (χ1v) is 13.5. The third kappa shape index (κ3) is 5.79. The van der Waals surface area contributed by atoms with Gasteiger partial charge in [0.2, 0.25) is 0 Å². The lowest BCUT2D eigenvalue weighted by Crippen LogP contribution is -2.51. The number of benzene rings is 2. The minimum Gasteiger partial charge on any atom is -0.371 e. The molecule has 0 amide bonds. The Kier molecular flexibility index (Phi) is 7.56. The highest BCUT2D eigenvalue weighted by atomic mass is 19.1.